The van der Waals surface area contributed by atoms with Crippen LogP contribution in [0.4, 0.5) is 11.6 Å². The number of rotatable bonds is 5. The van der Waals surface area contributed by atoms with Gasteiger partial charge in [-0.1, -0.05) is 27.7 Å². The molecule has 0 radical (unpaired) electrons. The van der Waals surface area contributed by atoms with Gasteiger partial charge in [-0.15, -0.1) is 0 Å². The molecule has 0 spiro atoms. The second kappa shape index (κ2) is 7.10. The lowest BCUT2D eigenvalue weighted by atomic mass is 9.80. The highest BCUT2D eigenvalue weighted by Crippen LogP contribution is 2.31. The van der Waals surface area contributed by atoms with E-state index < -0.39 is 0 Å². The molecule has 3 unspecified atom stereocenters. The molecule has 1 aromatic heterocycles. The first-order valence-corrected chi connectivity index (χ1v) is 8.39. The third-order valence-electron chi connectivity index (χ3n) is 4.38. The predicted molar refractivity (Wildman–Crippen MR) is 89.9 cm³/mol. The van der Waals surface area contributed by atoms with E-state index in [1.54, 1.807) is 0 Å². The molecule has 1 heterocycles. The van der Waals surface area contributed by atoms with Gasteiger partial charge in [-0.3, -0.25) is 0 Å². The minimum Gasteiger partial charge on any atom is -0.370 e. The molecule has 0 bridgehead atoms. The summed E-state index contributed by atoms with van der Waals surface area (Å²) < 4.78 is 0. The van der Waals surface area contributed by atoms with Crippen molar-refractivity contribution in [2.45, 2.75) is 65.8 Å². The molecule has 1 aromatic rings. The Kier molecular flexibility index (Phi) is 5.43. The maximum atomic E-state index is 4.70. The van der Waals surface area contributed by atoms with Gasteiger partial charge >= 0.3 is 0 Å². The van der Waals surface area contributed by atoms with Gasteiger partial charge in [0.05, 0.1) is 0 Å². The van der Waals surface area contributed by atoms with E-state index in [0.717, 1.165) is 29.9 Å². The predicted octanol–water partition coefficient (Wildman–Crippen LogP) is 4.27. The van der Waals surface area contributed by atoms with Crippen LogP contribution in [-0.2, 0) is 0 Å². The highest BCUT2D eigenvalue weighted by atomic mass is 15.1. The minimum absolute atomic E-state index is 0.341. The summed E-state index contributed by atoms with van der Waals surface area (Å²) in [6, 6.07) is 2.57. The molecular formula is C17H30N4. The first kappa shape index (κ1) is 16.1. The van der Waals surface area contributed by atoms with E-state index >= 15 is 0 Å². The molecule has 1 saturated carbocycles. The zero-order valence-electron chi connectivity index (χ0n) is 14.1. The molecule has 0 saturated heterocycles. The number of nitrogens with zero attached hydrogens (tertiary/aromatic N) is 2. The number of nitrogens with one attached hydrogen (secondary N) is 2. The summed E-state index contributed by atoms with van der Waals surface area (Å²) in [6.45, 7) is 12.0. The van der Waals surface area contributed by atoms with Crippen LogP contribution in [0.5, 0.6) is 0 Å². The van der Waals surface area contributed by atoms with Crippen LogP contribution >= 0.6 is 0 Å². The fraction of sp³-hybridized carbons (Fsp3) is 0.765. The zero-order chi connectivity index (χ0) is 15.4. The quantitative estimate of drug-likeness (QED) is 0.850. The van der Waals surface area contributed by atoms with Crippen LogP contribution in [0, 0.1) is 11.8 Å². The summed E-state index contributed by atoms with van der Waals surface area (Å²) in [4.78, 5) is 9.29. The van der Waals surface area contributed by atoms with Crippen molar-refractivity contribution in [2.24, 2.45) is 11.8 Å². The highest BCUT2D eigenvalue weighted by Gasteiger charge is 2.25. The monoisotopic (exact) mass is 290 g/mol. The molecule has 1 aliphatic rings. The van der Waals surface area contributed by atoms with Crippen molar-refractivity contribution in [1.82, 2.24) is 9.97 Å². The van der Waals surface area contributed by atoms with Crippen molar-refractivity contribution >= 4 is 11.6 Å². The van der Waals surface area contributed by atoms with Gasteiger partial charge in [0.1, 0.15) is 17.5 Å². The third kappa shape index (κ3) is 4.32. The molecule has 2 rings (SSSR count). The first-order valence-electron chi connectivity index (χ1n) is 8.39. The molecule has 4 nitrogen and oxygen atoms in total. The summed E-state index contributed by atoms with van der Waals surface area (Å²) in [7, 11) is 0. The number of hydrogen-bond donors (Lipinski definition) is 2. The van der Waals surface area contributed by atoms with Crippen LogP contribution in [0.25, 0.3) is 0 Å². The van der Waals surface area contributed by atoms with Crippen LogP contribution in [0.2, 0.25) is 0 Å². The van der Waals surface area contributed by atoms with Crippen molar-refractivity contribution in [3.8, 4) is 0 Å². The lowest BCUT2D eigenvalue weighted by Gasteiger charge is -2.33. The fourth-order valence-electron chi connectivity index (χ4n) is 3.14. The molecule has 2 N–H and O–H groups in total. The summed E-state index contributed by atoms with van der Waals surface area (Å²) in [5, 5.41) is 6.96. The minimum atomic E-state index is 0.341. The Hall–Kier alpha value is -1.32. The van der Waals surface area contributed by atoms with E-state index in [1.807, 2.05) is 6.07 Å². The van der Waals surface area contributed by atoms with Crippen LogP contribution in [0.1, 0.15) is 65.6 Å². The summed E-state index contributed by atoms with van der Waals surface area (Å²) in [6.07, 6.45) is 3.85. The second-order valence-electron chi connectivity index (χ2n) is 6.83. The van der Waals surface area contributed by atoms with Gasteiger partial charge in [0.25, 0.3) is 0 Å². The Morgan fingerprint density at radius 3 is 2.52 bits per heavy atom. The fourth-order valence-corrected chi connectivity index (χ4v) is 3.14. The summed E-state index contributed by atoms with van der Waals surface area (Å²) in [5.41, 5.74) is 0. The lowest BCUT2D eigenvalue weighted by molar-refractivity contribution is 0.276. The largest absolute Gasteiger partial charge is 0.370 e. The average Bonchev–Trinajstić information content (AvgIpc) is 2.42. The Labute approximate surface area is 129 Å². The molecule has 118 valence electrons. The van der Waals surface area contributed by atoms with E-state index in [-0.39, 0.29) is 0 Å². The lowest BCUT2D eigenvalue weighted by Crippen LogP contribution is -2.33. The van der Waals surface area contributed by atoms with E-state index in [0.29, 0.717) is 17.9 Å². The van der Waals surface area contributed by atoms with Crippen LogP contribution in [0.15, 0.2) is 6.07 Å². The maximum Gasteiger partial charge on any atom is 0.135 e. The van der Waals surface area contributed by atoms with E-state index in [9.17, 15) is 0 Å². The Balaban J connectivity index is 2.14. The van der Waals surface area contributed by atoms with Gasteiger partial charge in [0.15, 0.2) is 0 Å². The Morgan fingerprint density at radius 1 is 1.19 bits per heavy atom. The van der Waals surface area contributed by atoms with Gasteiger partial charge in [-0.05, 0) is 38.0 Å². The third-order valence-corrected chi connectivity index (χ3v) is 4.38. The standard InChI is InChI=1S/C17H30N4/c1-6-18-15-10-16(21-17(20-15)11(2)3)19-14-8-7-12(4)9-13(14)5/h10-14H,6-9H2,1-5H3,(H2,18,19,20,21). The van der Waals surface area contributed by atoms with Crippen LogP contribution in [0.3, 0.4) is 0 Å². The average molecular weight is 290 g/mol. The van der Waals surface area contributed by atoms with Crippen molar-refractivity contribution in [3.05, 3.63) is 11.9 Å². The molecule has 0 amide bonds. The van der Waals surface area contributed by atoms with Crippen molar-refractivity contribution < 1.29 is 0 Å². The van der Waals surface area contributed by atoms with Crippen molar-refractivity contribution in [3.63, 3.8) is 0 Å². The summed E-state index contributed by atoms with van der Waals surface area (Å²) >= 11 is 0. The van der Waals surface area contributed by atoms with Crippen LogP contribution < -0.4 is 10.6 Å². The van der Waals surface area contributed by atoms with Crippen molar-refractivity contribution in [2.75, 3.05) is 17.2 Å². The molecule has 21 heavy (non-hydrogen) atoms. The molecule has 3 atom stereocenters. The van der Waals surface area contributed by atoms with E-state index in [2.05, 4.69) is 50.2 Å². The van der Waals surface area contributed by atoms with Gasteiger partial charge in [0.2, 0.25) is 0 Å². The van der Waals surface area contributed by atoms with Crippen LogP contribution in [-0.4, -0.2) is 22.6 Å². The highest BCUT2D eigenvalue weighted by molar-refractivity contribution is 5.48. The number of aromatic nitrogens is 2. The normalized spacial score (nSPS) is 25.9. The molecule has 0 aliphatic heterocycles. The SMILES string of the molecule is CCNc1cc(NC2CCC(C)CC2C)nc(C(C)C)n1. The second-order valence-corrected chi connectivity index (χ2v) is 6.83. The molecule has 1 aliphatic carbocycles. The maximum absolute atomic E-state index is 4.70. The zero-order valence-corrected chi connectivity index (χ0v) is 14.1. The van der Waals surface area contributed by atoms with Gasteiger partial charge < -0.3 is 10.6 Å². The molecule has 4 heteroatoms. The Morgan fingerprint density at radius 2 is 1.90 bits per heavy atom. The van der Waals surface area contributed by atoms with Gasteiger partial charge in [0, 0.05) is 24.6 Å². The van der Waals surface area contributed by atoms with Gasteiger partial charge in [-0.2, -0.15) is 0 Å². The van der Waals surface area contributed by atoms with E-state index in [4.69, 9.17) is 4.98 Å². The van der Waals surface area contributed by atoms with Gasteiger partial charge in [-0.25, -0.2) is 9.97 Å². The molecular weight excluding hydrogens is 260 g/mol. The molecule has 1 fully saturated rings. The molecule has 0 aromatic carbocycles. The summed E-state index contributed by atoms with van der Waals surface area (Å²) in [5.74, 6) is 4.70. The number of hydrogen-bond acceptors (Lipinski definition) is 4. The number of anilines is 2. The van der Waals surface area contributed by atoms with E-state index in [1.165, 1.54) is 19.3 Å². The van der Waals surface area contributed by atoms with Crippen molar-refractivity contribution in [1.29, 1.82) is 0 Å². The first-order chi connectivity index (χ1) is 9.99. The smallest absolute Gasteiger partial charge is 0.135 e. The topological polar surface area (TPSA) is 49.8 Å². The Bertz CT molecular complexity index is 458.